The van der Waals surface area contributed by atoms with E-state index < -0.39 is 31.8 Å². The number of sulfone groups is 1. The summed E-state index contributed by atoms with van der Waals surface area (Å²) in [5.41, 5.74) is 1.67. The van der Waals surface area contributed by atoms with E-state index in [0.29, 0.717) is 42.1 Å². The van der Waals surface area contributed by atoms with Gasteiger partial charge in [-0.1, -0.05) is 29.0 Å². The average Bonchev–Trinajstić information content (AvgIpc) is 3.44. The highest BCUT2D eigenvalue weighted by atomic mass is 32.2. The van der Waals surface area contributed by atoms with Crippen LogP contribution in [0.5, 0.6) is 0 Å². The van der Waals surface area contributed by atoms with Gasteiger partial charge < -0.3 is 9.30 Å². The first-order chi connectivity index (χ1) is 17.0. The number of fused-ring (bicyclic) bond motifs is 1. The molecule has 36 heavy (non-hydrogen) atoms. The lowest BCUT2D eigenvalue weighted by Gasteiger charge is -2.21. The molecule has 1 aromatic heterocycles. The predicted molar refractivity (Wildman–Crippen MR) is 138 cm³/mol. The number of aryl methyl sites for hydroxylation is 1. The molecule has 0 aliphatic carbocycles. The van der Waals surface area contributed by atoms with Crippen molar-refractivity contribution in [3.63, 3.8) is 0 Å². The third kappa shape index (κ3) is 5.47. The molecule has 0 bridgehead atoms. The number of thiazole rings is 1. The monoisotopic (exact) mass is 551 g/mol. The van der Waals surface area contributed by atoms with E-state index in [9.17, 15) is 21.6 Å². The molecule has 1 aliphatic heterocycles. The van der Waals surface area contributed by atoms with Crippen LogP contribution in [0.4, 0.5) is 0 Å². The first-order valence-corrected chi connectivity index (χ1v) is 15.8. The van der Waals surface area contributed by atoms with Crippen LogP contribution in [0, 0.1) is 6.92 Å². The van der Waals surface area contributed by atoms with Crippen molar-refractivity contribution in [3.8, 4) is 0 Å². The molecule has 12 heteroatoms. The van der Waals surface area contributed by atoms with Crippen LogP contribution in [0.2, 0.25) is 0 Å². The predicted octanol–water partition coefficient (Wildman–Crippen LogP) is 2.73. The smallest absolute Gasteiger partial charge is 0.266 e. The van der Waals surface area contributed by atoms with E-state index in [1.165, 1.54) is 21.7 Å². The lowest BCUT2D eigenvalue weighted by molar-refractivity contribution is -0.121. The van der Waals surface area contributed by atoms with Gasteiger partial charge in [0.15, 0.2) is 14.6 Å². The molecule has 3 aromatic rings. The fourth-order valence-electron chi connectivity index (χ4n) is 4.17. The highest BCUT2D eigenvalue weighted by molar-refractivity contribution is 7.90. The Morgan fingerprint density at radius 3 is 2.47 bits per heavy atom. The molecule has 0 saturated carbocycles. The highest BCUT2D eigenvalue weighted by Gasteiger charge is 2.39. The Labute approximate surface area is 215 Å². The van der Waals surface area contributed by atoms with Gasteiger partial charge in [0.1, 0.15) is 6.04 Å². The van der Waals surface area contributed by atoms with Crippen LogP contribution in [-0.2, 0) is 35.9 Å². The van der Waals surface area contributed by atoms with Crippen molar-refractivity contribution >= 4 is 47.3 Å². The number of carbonyl (C=O) groups is 1. The van der Waals surface area contributed by atoms with Crippen LogP contribution in [0.3, 0.4) is 0 Å². The van der Waals surface area contributed by atoms with Crippen molar-refractivity contribution in [3.05, 3.63) is 52.8 Å². The number of carbonyl (C=O) groups excluding carboxylic acids is 1. The third-order valence-corrected chi connectivity index (χ3v) is 10.1. The number of amides is 1. The fraction of sp³-hybridized carbons (Fsp3) is 0.417. The third-order valence-electron chi connectivity index (χ3n) is 6.07. The minimum absolute atomic E-state index is 0.148. The Hall–Kier alpha value is -2.38. The molecular weight excluding hydrogens is 522 g/mol. The van der Waals surface area contributed by atoms with Gasteiger partial charge in [0.05, 0.1) is 26.6 Å². The van der Waals surface area contributed by atoms with Crippen LogP contribution in [-0.4, -0.2) is 63.7 Å². The van der Waals surface area contributed by atoms with E-state index in [-0.39, 0.29) is 16.3 Å². The minimum Gasteiger partial charge on any atom is -0.380 e. The van der Waals surface area contributed by atoms with Crippen molar-refractivity contribution in [1.29, 1.82) is 0 Å². The van der Waals surface area contributed by atoms with Gasteiger partial charge >= 0.3 is 0 Å². The quantitative estimate of drug-likeness (QED) is 0.398. The molecular formula is C24H29N3O6S3. The molecule has 2 aromatic carbocycles. The summed E-state index contributed by atoms with van der Waals surface area (Å²) < 4.78 is 59.8. The molecule has 1 aliphatic rings. The number of ether oxygens (including phenoxy) is 1. The topological polar surface area (TPSA) is 115 Å². The molecule has 4 rings (SSSR count). The van der Waals surface area contributed by atoms with Crippen molar-refractivity contribution in [1.82, 2.24) is 8.87 Å². The SMILES string of the molecule is CCOCCn1c(=NC(=O)C2CCCN2S(=O)(=O)c2ccc(C)cc2)sc2cc(S(C)(=O)=O)ccc21. The number of sulfonamides is 1. The van der Waals surface area contributed by atoms with Crippen LogP contribution in [0.25, 0.3) is 10.2 Å². The zero-order valence-corrected chi connectivity index (χ0v) is 22.8. The minimum atomic E-state index is -3.85. The van der Waals surface area contributed by atoms with E-state index >= 15 is 0 Å². The zero-order chi connectivity index (χ0) is 26.1. The molecule has 1 fully saturated rings. The average molecular weight is 552 g/mol. The zero-order valence-electron chi connectivity index (χ0n) is 20.4. The normalized spacial score (nSPS) is 17.8. The molecule has 1 unspecified atom stereocenters. The lowest BCUT2D eigenvalue weighted by atomic mass is 10.2. The summed E-state index contributed by atoms with van der Waals surface area (Å²) in [6.07, 6.45) is 2.09. The van der Waals surface area contributed by atoms with E-state index in [2.05, 4.69) is 4.99 Å². The molecule has 194 valence electrons. The summed E-state index contributed by atoms with van der Waals surface area (Å²) >= 11 is 1.19. The molecule has 0 spiro atoms. The number of nitrogens with zero attached hydrogens (tertiary/aromatic N) is 3. The Balaban J connectivity index is 1.73. The molecule has 2 heterocycles. The fourth-order valence-corrected chi connectivity index (χ4v) is 7.65. The van der Waals surface area contributed by atoms with Crippen molar-refractivity contribution in [2.24, 2.45) is 4.99 Å². The van der Waals surface area contributed by atoms with Gasteiger partial charge in [-0.15, -0.1) is 0 Å². The van der Waals surface area contributed by atoms with E-state index in [1.807, 2.05) is 18.4 Å². The maximum absolute atomic E-state index is 13.3. The largest absolute Gasteiger partial charge is 0.380 e. The summed E-state index contributed by atoms with van der Waals surface area (Å²) in [6, 6.07) is 10.5. The van der Waals surface area contributed by atoms with E-state index in [4.69, 9.17) is 4.74 Å². The van der Waals surface area contributed by atoms with Crippen molar-refractivity contribution in [2.75, 3.05) is 26.0 Å². The van der Waals surface area contributed by atoms with E-state index in [1.54, 1.807) is 36.4 Å². The molecule has 1 atom stereocenters. The Morgan fingerprint density at radius 1 is 1.11 bits per heavy atom. The van der Waals surface area contributed by atoms with Gasteiger partial charge in [0.2, 0.25) is 10.0 Å². The van der Waals surface area contributed by atoms with Gasteiger partial charge in [-0.2, -0.15) is 9.30 Å². The van der Waals surface area contributed by atoms with Crippen LogP contribution in [0.15, 0.2) is 57.2 Å². The highest BCUT2D eigenvalue weighted by Crippen LogP contribution is 2.27. The van der Waals surface area contributed by atoms with Gasteiger partial charge in [-0.3, -0.25) is 4.79 Å². The summed E-state index contributed by atoms with van der Waals surface area (Å²) in [4.78, 5) is 18.4. The van der Waals surface area contributed by atoms with Crippen molar-refractivity contribution < 1.29 is 26.4 Å². The first-order valence-electron chi connectivity index (χ1n) is 11.6. The van der Waals surface area contributed by atoms with Crippen LogP contribution >= 0.6 is 11.3 Å². The number of aromatic nitrogens is 1. The molecule has 9 nitrogen and oxygen atoms in total. The summed E-state index contributed by atoms with van der Waals surface area (Å²) in [5.74, 6) is -0.539. The van der Waals surface area contributed by atoms with Crippen molar-refractivity contribution in [2.45, 2.75) is 49.1 Å². The summed E-state index contributed by atoms with van der Waals surface area (Å²) in [7, 11) is -7.26. The second-order valence-electron chi connectivity index (χ2n) is 8.67. The Kier molecular flexibility index (Phi) is 7.81. The van der Waals surface area contributed by atoms with Crippen LogP contribution < -0.4 is 4.80 Å². The molecule has 0 N–H and O–H groups in total. The standard InChI is InChI=1S/C24H29N3O6S3/c1-4-33-15-14-26-20-12-11-19(35(3,29)30)16-22(20)34-24(26)25-23(28)21-6-5-13-27(21)36(31,32)18-9-7-17(2)8-10-18/h7-12,16,21H,4-6,13-15H2,1-3H3. The Morgan fingerprint density at radius 2 is 1.81 bits per heavy atom. The maximum Gasteiger partial charge on any atom is 0.266 e. The van der Waals surface area contributed by atoms with E-state index in [0.717, 1.165) is 17.3 Å². The summed E-state index contributed by atoms with van der Waals surface area (Å²) in [6.45, 7) is 5.33. The lowest BCUT2D eigenvalue weighted by Crippen LogP contribution is -2.40. The number of benzene rings is 2. The molecule has 1 amide bonds. The maximum atomic E-state index is 13.3. The number of hydrogen-bond acceptors (Lipinski definition) is 7. The molecule has 0 radical (unpaired) electrons. The van der Waals surface area contributed by atoms with Gasteiger partial charge in [0, 0.05) is 26.0 Å². The summed E-state index contributed by atoms with van der Waals surface area (Å²) in [5, 5.41) is 0. The first kappa shape index (κ1) is 26.7. The van der Waals surface area contributed by atoms with Gasteiger partial charge in [-0.25, -0.2) is 16.8 Å². The van der Waals surface area contributed by atoms with Gasteiger partial charge in [-0.05, 0) is 57.0 Å². The van der Waals surface area contributed by atoms with Gasteiger partial charge in [0.25, 0.3) is 5.91 Å². The van der Waals surface area contributed by atoms with Crippen LogP contribution in [0.1, 0.15) is 25.3 Å². The Bertz CT molecular complexity index is 1550. The second kappa shape index (κ2) is 10.5. The molecule has 1 saturated heterocycles. The second-order valence-corrected chi connectivity index (χ2v) is 13.6. The number of rotatable bonds is 8. The number of hydrogen-bond donors (Lipinski definition) is 0.